The summed E-state index contributed by atoms with van der Waals surface area (Å²) < 4.78 is 0. The molecule has 0 aromatic carbocycles. The van der Waals surface area contributed by atoms with Gasteiger partial charge < -0.3 is 20.6 Å². The molecule has 0 bridgehead atoms. The van der Waals surface area contributed by atoms with Crippen molar-refractivity contribution in [3.05, 3.63) is 0 Å². The molecule has 1 aliphatic heterocycles. The first-order valence-corrected chi connectivity index (χ1v) is 5.47. The summed E-state index contributed by atoms with van der Waals surface area (Å²) in [5.41, 5.74) is 0. The number of aliphatic hydroxyl groups is 1. The van der Waals surface area contributed by atoms with E-state index in [-0.39, 0.29) is 24.4 Å². The second kappa shape index (κ2) is 5.81. The molecule has 0 saturated carbocycles. The van der Waals surface area contributed by atoms with E-state index >= 15 is 0 Å². The lowest BCUT2D eigenvalue weighted by Crippen LogP contribution is -2.45. The van der Waals surface area contributed by atoms with E-state index in [1.165, 1.54) is 4.90 Å². The Hall–Kier alpha value is -1.14. The number of β-amino-alcohol motifs (C(OH)–C–C–N with tert-alkyl or cyclic N) is 1. The van der Waals surface area contributed by atoms with E-state index in [4.69, 9.17) is 0 Å². The number of aliphatic hydroxyl groups excluding tert-OH is 1. The number of amides is 2. The molecule has 2 atom stereocenters. The Morgan fingerprint density at radius 3 is 2.75 bits per heavy atom. The zero-order chi connectivity index (χ0) is 12.1. The molecule has 6 nitrogen and oxygen atoms in total. The SMILES string of the molecule is CCN(C)C(=O)CNC(=O)C1CC(O)CN1. The van der Waals surface area contributed by atoms with Crippen molar-refractivity contribution in [3.8, 4) is 0 Å². The second-order valence-corrected chi connectivity index (χ2v) is 3.98. The van der Waals surface area contributed by atoms with Gasteiger partial charge in [0.15, 0.2) is 0 Å². The van der Waals surface area contributed by atoms with Gasteiger partial charge in [-0.1, -0.05) is 0 Å². The van der Waals surface area contributed by atoms with Gasteiger partial charge in [0.2, 0.25) is 11.8 Å². The number of nitrogens with one attached hydrogen (secondary N) is 2. The number of nitrogens with zero attached hydrogens (tertiary/aromatic N) is 1. The first kappa shape index (κ1) is 12.9. The number of carbonyl (C=O) groups is 2. The van der Waals surface area contributed by atoms with Gasteiger partial charge in [-0.25, -0.2) is 0 Å². The fraction of sp³-hybridized carbons (Fsp3) is 0.800. The van der Waals surface area contributed by atoms with Gasteiger partial charge in [0, 0.05) is 20.1 Å². The zero-order valence-electron chi connectivity index (χ0n) is 9.69. The van der Waals surface area contributed by atoms with Gasteiger partial charge in [-0.2, -0.15) is 0 Å². The first-order valence-electron chi connectivity index (χ1n) is 5.47. The minimum absolute atomic E-state index is 0.0114. The van der Waals surface area contributed by atoms with Gasteiger partial charge >= 0.3 is 0 Å². The van der Waals surface area contributed by atoms with Crippen LogP contribution in [0.15, 0.2) is 0 Å². The van der Waals surface area contributed by atoms with E-state index in [0.717, 1.165) is 0 Å². The predicted octanol–water partition coefficient (Wildman–Crippen LogP) is -1.70. The van der Waals surface area contributed by atoms with Crippen LogP contribution < -0.4 is 10.6 Å². The molecular weight excluding hydrogens is 210 g/mol. The summed E-state index contributed by atoms with van der Waals surface area (Å²) in [4.78, 5) is 24.5. The standard InChI is InChI=1S/C10H19N3O3/c1-3-13(2)9(15)6-12-10(16)8-4-7(14)5-11-8/h7-8,11,14H,3-6H2,1-2H3,(H,12,16). The van der Waals surface area contributed by atoms with Crippen molar-refractivity contribution in [2.24, 2.45) is 0 Å². The number of rotatable bonds is 4. The summed E-state index contributed by atoms with van der Waals surface area (Å²) in [6.07, 6.45) is -0.0614. The Balaban J connectivity index is 2.27. The van der Waals surface area contributed by atoms with E-state index in [0.29, 0.717) is 19.5 Å². The number of likely N-dealkylation sites (N-methyl/N-ethyl adjacent to an activating group) is 1. The molecule has 1 saturated heterocycles. The lowest BCUT2D eigenvalue weighted by molar-refractivity contribution is -0.132. The predicted molar refractivity (Wildman–Crippen MR) is 58.7 cm³/mol. The second-order valence-electron chi connectivity index (χ2n) is 3.98. The first-order chi connectivity index (χ1) is 7.54. The fourth-order valence-electron chi connectivity index (χ4n) is 1.51. The molecule has 1 heterocycles. The van der Waals surface area contributed by atoms with Crippen LogP contribution in [0, 0.1) is 0 Å². The summed E-state index contributed by atoms with van der Waals surface area (Å²) in [7, 11) is 1.69. The van der Waals surface area contributed by atoms with Crippen LogP contribution in [0.3, 0.4) is 0 Å². The molecule has 2 amide bonds. The van der Waals surface area contributed by atoms with Crippen molar-refractivity contribution in [1.82, 2.24) is 15.5 Å². The highest BCUT2D eigenvalue weighted by molar-refractivity contribution is 5.87. The Morgan fingerprint density at radius 1 is 1.56 bits per heavy atom. The average molecular weight is 229 g/mol. The van der Waals surface area contributed by atoms with Crippen molar-refractivity contribution >= 4 is 11.8 Å². The third kappa shape index (κ3) is 3.46. The highest BCUT2D eigenvalue weighted by Gasteiger charge is 2.28. The molecule has 0 aromatic rings. The normalized spacial score (nSPS) is 24.2. The summed E-state index contributed by atoms with van der Waals surface area (Å²) in [5.74, 6) is -0.344. The van der Waals surface area contributed by atoms with E-state index in [9.17, 15) is 14.7 Å². The highest BCUT2D eigenvalue weighted by atomic mass is 16.3. The van der Waals surface area contributed by atoms with Gasteiger partial charge in [0.1, 0.15) is 0 Å². The monoisotopic (exact) mass is 229 g/mol. The molecule has 0 aliphatic carbocycles. The number of hydrogen-bond donors (Lipinski definition) is 3. The van der Waals surface area contributed by atoms with E-state index in [2.05, 4.69) is 10.6 Å². The van der Waals surface area contributed by atoms with Crippen molar-refractivity contribution in [2.75, 3.05) is 26.7 Å². The fourth-order valence-corrected chi connectivity index (χ4v) is 1.51. The maximum atomic E-state index is 11.6. The van der Waals surface area contributed by atoms with E-state index in [1.807, 2.05) is 6.92 Å². The van der Waals surface area contributed by atoms with Gasteiger partial charge in [-0.05, 0) is 13.3 Å². The van der Waals surface area contributed by atoms with Crippen molar-refractivity contribution < 1.29 is 14.7 Å². The molecule has 0 radical (unpaired) electrons. The third-order valence-electron chi connectivity index (χ3n) is 2.74. The van der Waals surface area contributed by atoms with E-state index in [1.54, 1.807) is 7.05 Å². The number of hydrogen-bond acceptors (Lipinski definition) is 4. The van der Waals surface area contributed by atoms with Crippen LogP contribution in [-0.2, 0) is 9.59 Å². The summed E-state index contributed by atoms with van der Waals surface area (Å²) in [5, 5.41) is 14.7. The lowest BCUT2D eigenvalue weighted by Gasteiger charge is -2.16. The zero-order valence-corrected chi connectivity index (χ0v) is 9.69. The third-order valence-corrected chi connectivity index (χ3v) is 2.74. The van der Waals surface area contributed by atoms with Crippen LogP contribution in [0.25, 0.3) is 0 Å². The smallest absolute Gasteiger partial charge is 0.241 e. The van der Waals surface area contributed by atoms with Gasteiger partial charge in [-0.15, -0.1) is 0 Å². The van der Waals surface area contributed by atoms with Crippen LogP contribution in [-0.4, -0.2) is 60.6 Å². The van der Waals surface area contributed by atoms with Crippen LogP contribution >= 0.6 is 0 Å². The summed E-state index contributed by atoms with van der Waals surface area (Å²) in [6, 6.07) is -0.380. The van der Waals surface area contributed by atoms with Crippen molar-refractivity contribution in [2.45, 2.75) is 25.5 Å². The molecule has 2 unspecified atom stereocenters. The summed E-state index contributed by atoms with van der Waals surface area (Å²) >= 11 is 0. The van der Waals surface area contributed by atoms with Gasteiger partial charge in [0.05, 0.1) is 18.7 Å². The Morgan fingerprint density at radius 2 is 2.25 bits per heavy atom. The van der Waals surface area contributed by atoms with Gasteiger partial charge in [0.25, 0.3) is 0 Å². The van der Waals surface area contributed by atoms with Crippen molar-refractivity contribution in [3.63, 3.8) is 0 Å². The van der Waals surface area contributed by atoms with Crippen LogP contribution in [0.4, 0.5) is 0 Å². The van der Waals surface area contributed by atoms with Crippen LogP contribution in [0.5, 0.6) is 0 Å². The highest BCUT2D eigenvalue weighted by Crippen LogP contribution is 2.05. The molecule has 3 N–H and O–H groups in total. The van der Waals surface area contributed by atoms with Crippen LogP contribution in [0.1, 0.15) is 13.3 Å². The Labute approximate surface area is 95.0 Å². The molecule has 1 fully saturated rings. The molecular formula is C10H19N3O3. The van der Waals surface area contributed by atoms with Crippen molar-refractivity contribution in [1.29, 1.82) is 0 Å². The number of carbonyl (C=O) groups excluding carboxylic acids is 2. The molecule has 92 valence electrons. The minimum atomic E-state index is -0.468. The molecule has 1 aliphatic rings. The van der Waals surface area contributed by atoms with Crippen LogP contribution in [0.2, 0.25) is 0 Å². The van der Waals surface area contributed by atoms with E-state index < -0.39 is 6.10 Å². The summed E-state index contributed by atoms with van der Waals surface area (Å²) in [6.45, 7) is 2.93. The average Bonchev–Trinajstić information content (AvgIpc) is 2.71. The lowest BCUT2D eigenvalue weighted by atomic mass is 10.2. The Bertz CT molecular complexity index is 270. The topological polar surface area (TPSA) is 81.7 Å². The molecule has 0 spiro atoms. The maximum absolute atomic E-state index is 11.6. The Kier molecular flexibility index (Phi) is 4.70. The maximum Gasteiger partial charge on any atom is 0.241 e. The molecule has 16 heavy (non-hydrogen) atoms. The largest absolute Gasteiger partial charge is 0.392 e. The molecule has 0 aromatic heterocycles. The van der Waals surface area contributed by atoms with Gasteiger partial charge in [-0.3, -0.25) is 9.59 Å². The quantitative estimate of drug-likeness (QED) is 0.537. The minimum Gasteiger partial charge on any atom is -0.392 e. The molecule has 1 rings (SSSR count). The molecule has 6 heteroatoms.